The Morgan fingerprint density at radius 2 is 1.91 bits per heavy atom. The van der Waals surface area contributed by atoms with E-state index in [-0.39, 0.29) is 0 Å². The number of hydrogen-bond donors (Lipinski definition) is 2. The minimum Gasteiger partial charge on any atom is -0.497 e. The lowest BCUT2D eigenvalue weighted by Gasteiger charge is -2.12. The normalized spacial score (nSPS) is 9.95. The molecular formula is C15H19N5O2. The molecule has 0 radical (unpaired) electrons. The molecule has 0 aliphatic carbocycles. The number of rotatable bonds is 7. The molecule has 0 aliphatic rings. The van der Waals surface area contributed by atoms with Crippen molar-refractivity contribution in [2.45, 2.75) is 6.92 Å². The van der Waals surface area contributed by atoms with Gasteiger partial charge in [0.1, 0.15) is 17.3 Å². The Kier molecular flexibility index (Phi) is 5.13. The van der Waals surface area contributed by atoms with Crippen LogP contribution in [-0.4, -0.2) is 35.7 Å². The summed E-state index contributed by atoms with van der Waals surface area (Å²) in [5, 5.41) is 6.16. The van der Waals surface area contributed by atoms with E-state index >= 15 is 0 Å². The molecule has 7 nitrogen and oxygen atoms in total. The number of benzene rings is 1. The fourth-order valence-electron chi connectivity index (χ4n) is 1.80. The van der Waals surface area contributed by atoms with Crippen LogP contribution < -0.4 is 20.1 Å². The lowest BCUT2D eigenvalue weighted by atomic mass is 10.2. The summed E-state index contributed by atoms with van der Waals surface area (Å²) < 4.78 is 10.5. The first-order valence-electron chi connectivity index (χ1n) is 6.72. The monoisotopic (exact) mass is 301 g/mol. The number of nitrogens with one attached hydrogen (secondary N) is 2. The highest BCUT2D eigenvalue weighted by molar-refractivity contribution is 5.64. The molecule has 7 heteroatoms. The summed E-state index contributed by atoms with van der Waals surface area (Å²) in [6.07, 6.45) is 1.73. The second kappa shape index (κ2) is 7.26. The van der Waals surface area contributed by atoms with E-state index in [0.717, 1.165) is 5.69 Å². The molecule has 0 saturated carbocycles. The zero-order chi connectivity index (χ0) is 15.9. The van der Waals surface area contributed by atoms with E-state index in [1.54, 1.807) is 33.3 Å². The molecule has 2 rings (SSSR count). The summed E-state index contributed by atoms with van der Waals surface area (Å²) in [6, 6.07) is 5.46. The molecule has 2 aromatic rings. The first kappa shape index (κ1) is 15.6. The highest BCUT2D eigenvalue weighted by atomic mass is 16.5. The summed E-state index contributed by atoms with van der Waals surface area (Å²) in [6.45, 7) is 6.03. The largest absolute Gasteiger partial charge is 0.497 e. The lowest BCUT2D eigenvalue weighted by molar-refractivity contribution is 0.395. The van der Waals surface area contributed by atoms with Crippen LogP contribution in [0.2, 0.25) is 0 Å². The summed E-state index contributed by atoms with van der Waals surface area (Å²) in [5.74, 6) is 2.88. The zero-order valence-corrected chi connectivity index (χ0v) is 12.9. The molecule has 22 heavy (non-hydrogen) atoms. The maximum Gasteiger partial charge on any atom is 0.232 e. The summed E-state index contributed by atoms with van der Waals surface area (Å²) in [4.78, 5) is 12.8. The van der Waals surface area contributed by atoms with Crippen LogP contribution in [0.15, 0.2) is 30.9 Å². The van der Waals surface area contributed by atoms with Crippen molar-refractivity contribution >= 4 is 17.6 Å². The van der Waals surface area contributed by atoms with Crippen molar-refractivity contribution in [2.24, 2.45) is 0 Å². The molecule has 1 heterocycles. The van der Waals surface area contributed by atoms with Crippen LogP contribution in [0.5, 0.6) is 11.5 Å². The fraction of sp³-hybridized carbons (Fsp3) is 0.267. The van der Waals surface area contributed by atoms with Crippen LogP contribution in [0, 0.1) is 6.92 Å². The third-order valence-electron chi connectivity index (χ3n) is 2.81. The van der Waals surface area contributed by atoms with Crippen molar-refractivity contribution in [3.05, 3.63) is 36.7 Å². The molecule has 0 spiro atoms. The first-order chi connectivity index (χ1) is 10.7. The molecule has 0 atom stereocenters. The second-order valence-corrected chi connectivity index (χ2v) is 4.39. The van der Waals surface area contributed by atoms with E-state index in [2.05, 4.69) is 32.2 Å². The Bertz CT molecular complexity index is 660. The highest BCUT2D eigenvalue weighted by Gasteiger charge is 2.08. The van der Waals surface area contributed by atoms with Crippen molar-refractivity contribution in [1.82, 2.24) is 15.0 Å². The van der Waals surface area contributed by atoms with Gasteiger partial charge in [-0.1, -0.05) is 6.08 Å². The Hall–Kier alpha value is -2.83. The van der Waals surface area contributed by atoms with Crippen molar-refractivity contribution in [2.75, 3.05) is 31.4 Å². The van der Waals surface area contributed by atoms with Gasteiger partial charge in [0.25, 0.3) is 0 Å². The van der Waals surface area contributed by atoms with Gasteiger partial charge in [-0.3, -0.25) is 0 Å². The van der Waals surface area contributed by atoms with Crippen molar-refractivity contribution in [3.8, 4) is 11.5 Å². The van der Waals surface area contributed by atoms with Crippen molar-refractivity contribution in [3.63, 3.8) is 0 Å². The van der Waals surface area contributed by atoms with Gasteiger partial charge in [0.15, 0.2) is 0 Å². The number of methoxy groups -OCH3 is 2. The van der Waals surface area contributed by atoms with Gasteiger partial charge in [-0.15, -0.1) is 6.58 Å². The van der Waals surface area contributed by atoms with Gasteiger partial charge in [0.05, 0.1) is 19.9 Å². The molecule has 0 bridgehead atoms. The number of aryl methyl sites for hydroxylation is 1. The standard InChI is InChI=1S/C15H19N5O2/c1-5-8-16-14-17-10(2)18-15(20-14)19-12-7-6-11(21-3)9-13(12)22-4/h5-7,9H,1,8H2,2-4H3,(H2,16,17,18,19,20). The number of hydrogen-bond acceptors (Lipinski definition) is 7. The van der Waals surface area contributed by atoms with Crippen molar-refractivity contribution in [1.29, 1.82) is 0 Å². The van der Waals surface area contributed by atoms with Gasteiger partial charge in [-0.2, -0.15) is 15.0 Å². The minimum absolute atomic E-state index is 0.433. The van der Waals surface area contributed by atoms with Gasteiger partial charge in [0, 0.05) is 12.6 Å². The maximum absolute atomic E-state index is 5.34. The van der Waals surface area contributed by atoms with Crippen LogP contribution in [0.4, 0.5) is 17.6 Å². The minimum atomic E-state index is 0.433. The van der Waals surface area contributed by atoms with E-state index in [4.69, 9.17) is 9.47 Å². The molecule has 0 saturated heterocycles. The zero-order valence-electron chi connectivity index (χ0n) is 12.9. The van der Waals surface area contributed by atoms with Crippen LogP contribution in [0.3, 0.4) is 0 Å². The maximum atomic E-state index is 5.34. The highest BCUT2D eigenvalue weighted by Crippen LogP contribution is 2.30. The van der Waals surface area contributed by atoms with Crippen LogP contribution in [0.1, 0.15) is 5.82 Å². The molecule has 0 unspecified atom stereocenters. The van der Waals surface area contributed by atoms with E-state index in [0.29, 0.717) is 35.8 Å². The SMILES string of the molecule is C=CCNc1nc(C)nc(Nc2ccc(OC)cc2OC)n1. The summed E-state index contributed by atoms with van der Waals surface area (Å²) >= 11 is 0. The smallest absolute Gasteiger partial charge is 0.232 e. The topological polar surface area (TPSA) is 81.2 Å². The Morgan fingerprint density at radius 3 is 2.59 bits per heavy atom. The first-order valence-corrected chi connectivity index (χ1v) is 6.72. The summed E-state index contributed by atoms with van der Waals surface area (Å²) in [7, 11) is 3.20. The number of aromatic nitrogens is 3. The van der Waals surface area contributed by atoms with Gasteiger partial charge in [-0.05, 0) is 19.1 Å². The van der Waals surface area contributed by atoms with E-state index in [1.165, 1.54) is 0 Å². The van der Waals surface area contributed by atoms with Crippen molar-refractivity contribution < 1.29 is 9.47 Å². The Labute approximate surface area is 129 Å². The van der Waals surface area contributed by atoms with Crippen LogP contribution >= 0.6 is 0 Å². The molecule has 116 valence electrons. The molecular weight excluding hydrogens is 282 g/mol. The average Bonchev–Trinajstić information content (AvgIpc) is 2.52. The molecule has 0 amide bonds. The Balaban J connectivity index is 2.26. The lowest BCUT2D eigenvalue weighted by Crippen LogP contribution is -2.08. The van der Waals surface area contributed by atoms with E-state index in [9.17, 15) is 0 Å². The second-order valence-electron chi connectivity index (χ2n) is 4.39. The van der Waals surface area contributed by atoms with Crippen LogP contribution in [-0.2, 0) is 0 Å². The van der Waals surface area contributed by atoms with E-state index < -0.39 is 0 Å². The molecule has 1 aromatic heterocycles. The van der Waals surface area contributed by atoms with Crippen LogP contribution in [0.25, 0.3) is 0 Å². The van der Waals surface area contributed by atoms with Gasteiger partial charge < -0.3 is 20.1 Å². The quantitative estimate of drug-likeness (QED) is 0.760. The van der Waals surface area contributed by atoms with Gasteiger partial charge in [0.2, 0.25) is 11.9 Å². The predicted octanol–water partition coefficient (Wildman–Crippen LogP) is 2.54. The molecule has 2 N–H and O–H groups in total. The average molecular weight is 301 g/mol. The van der Waals surface area contributed by atoms with Gasteiger partial charge in [-0.25, -0.2) is 0 Å². The predicted molar refractivity (Wildman–Crippen MR) is 86.1 cm³/mol. The number of ether oxygens (including phenoxy) is 2. The Morgan fingerprint density at radius 1 is 1.14 bits per heavy atom. The molecule has 0 aliphatic heterocycles. The molecule has 1 aromatic carbocycles. The third-order valence-corrected chi connectivity index (χ3v) is 2.81. The summed E-state index contributed by atoms with van der Waals surface area (Å²) in [5.41, 5.74) is 0.739. The van der Waals surface area contributed by atoms with E-state index in [1.807, 2.05) is 12.1 Å². The van der Waals surface area contributed by atoms with Gasteiger partial charge >= 0.3 is 0 Å². The number of anilines is 3. The number of nitrogens with zero attached hydrogens (tertiary/aromatic N) is 3. The third kappa shape index (κ3) is 3.85. The molecule has 0 fully saturated rings. The fourth-order valence-corrected chi connectivity index (χ4v) is 1.80.